The molecule has 0 spiro atoms. The average Bonchev–Trinajstić information content (AvgIpc) is 2.34. The van der Waals surface area contributed by atoms with E-state index in [-0.39, 0.29) is 12.0 Å². The molecule has 4 atom stereocenters. The Morgan fingerprint density at radius 2 is 1.94 bits per heavy atom. The van der Waals surface area contributed by atoms with Crippen LogP contribution in [0.2, 0.25) is 0 Å². The molecule has 0 amide bonds. The number of piperidine rings is 1. The van der Waals surface area contributed by atoms with Gasteiger partial charge >= 0.3 is 0 Å². The number of likely N-dealkylation sites (tertiary alicyclic amines) is 1. The first kappa shape index (κ1) is 14.4. The predicted molar refractivity (Wildman–Crippen MR) is 69.4 cm³/mol. The monoisotopic (exact) mass is 275 g/mol. The zero-order valence-electron chi connectivity index (χ0n) is 10.9. The van der Waals surface area contributed by atoms with Gasteiger partial charge in [0.25, 0.3) is 0 Å². The molecular weight excluding hydrogens is 252 g/mol. The molecule has 106 valence electrons. The summed E-state index contributed by atoms with van der Waals surface area (Å²) in [6.07, 6.45) is 5.56. The molecule has 0 aromatic carbocycles. The molecule has 0 aromatic rings. The van der Waals surface area contributed by atoms with Gasteiger partial charge in [-0.2, -0.15) is 0 Å². The van der Waals surface area contributed by atoms with Crippen molar-refractivity contribution < 1.29 is 13.9 Å². The zero-order chi connectivity index (χ0) is 13.1. The molecule has 1 heterocycles. The van der Waals surface area contributed by atoms with Crippen LogP contribution >= 0.6 is 0 Å². The van der Waals surface area contributed by atoms with E-state index < -0.39 is 17.4 Å². The van der Waals surface area contributed by atoms with E-state index >= 15 is 0 Å². The Morgan fingerprint density at radius 3 is 2.56 bits per heavy atom. The van der Waals surface area contributed by atoms with Gasteiger partial charge in [0.1, 0.15) is 0 Å². The van der Waals surface area contributed by atoms with Crippen LogP contribution in [0.4, 0.5) is 0 Å². The molecule has 0 radical (unpaired) electrons. The molecule has 6 heteroatoms. The van der Waals surface area contributed by atoms with Crippen LogP contribution in [0.5, 0.6) is 0 Å². The third-order valence-corrected chi connectivity index (χ3v) is 4.88. The number of likely N-dealkylation sites (N-methyl/N-ethyl adjacent to an activating group) is 1. The molecule has 0 bridgehead atoms. The van der Waals surface area contributed by atoms with Crippen molar-refractivity contribution >= 4 is 11.3 Å². The second-order valence-corrected chi connectivity index (χ2v) is 6.44. The maximum Gasteiger partial charge on any atom is 0.0757 e. The molecular formula is C12H23N2O3S-. The molecule has 1 saturated carbocycles. The Balaban J connectivity index is 2.01. The van der Waals surface area contributed by atoms with Crippen molar-refractivity contribution in [2.45, 2.75) is 44.2 Å². The van der Waals surface area contributed by atoms with E-state index in [9.17, 15) is 13.9 Å². The van der Waals surface area contributed by atoms with Crippen molar-refractivity contribution in [3.05, 3.63) is 0 Å². The number of hydrogen-bond acceptors (Lipinski definition) is 4. The highest BCUT2D eigenvalue weighted by Crippen LogP contribution is 2.34. The Labute approximate surface area is 111 Å². The molecule has 18 heavy (non-hydrogen) atoms. The number of aliphatic hydroxyl groups excluding tert-OH is 1. The van der Waals surface area contributed by atoms with Crippen LogP contribution in [0.1, 0.15) is 32.1 Å². The van der Waals surface area contributed by atoms with Gasteiger partial charge < -0.3 is 14.6 Å². The fraction of sp³-hybridized carbons (Fsp3) is 1.00. The second kappa shape index (κ2) is 6.43. The highest BCUT2D eigenvalue weighted by Gasteiger charge is 2.38. The van der Waals surface area contributed by atoms with Gasteiger partial charge in [0.15, 0.2) is 0 Å². The lowest BCUT2D eigenvalue weighted by atomic mass is 9.74. The van der Waals surface area contributed by atoms with Crippen molar-refractivity contribution in [2.24, 2.45) is 11.8 Å². The number of nitrogens with one attached hydrogen (secondary N) is 1. The Morgan fingerprint density at radius 1 is 1.28 bits per heavy atom. The summed E-state index contributed by atoms with van der Waals surface area (Å²) in [5, 5.41) is 10.4. The smallest absolute Gasteiger partial charge is 0.0757 e. The molecule has 1 aliphatic heterocycles. The zero-order valence-corrected chi connectivity index (χ0v) is 11.7. The lowest BCUT2D eigenvalue weighted by Crippen LogP contribution is -2.58. The Bertz CT molecular complexity index is 297. The summed E-state index contributed by atoms with van der Waals surface area (Å²) < 4.78 is 24.0. The molecule has 5 nitrogen and oxygen atoms in total. The minimum atomic E-state index is -2.31. The Hall–Kier alpha value is -0.0100. The van der Waals surface area contributed by atoms with Crippen LogP contribution in [0, 0.1) is 11.8 Å². The fourth-order valence-corrected chi connectivity index (χ4v) is 3.97. The number of aliphatic hydroxyl groups is 1. The van der Waals surface area contributed by atoms with Gasteiger partial charge in [-0.05, 0) is 13.0 Å². The van der Waals surface area contributed by atoms with E-state index in [2.05, 4.69) is 9.62 Å². The highest BCUT2D eigenvalue weighted by molar-refractivity contribution is 7.77. The SMILES string of the molecule is CN1C[C@H](C2CCCCC2)[C@@H](O)[C@H](NS(=O)[O-])C1. The van der Waals surface area contributed by atoms with Gasteiger partial charge in [0.2, 0.25) is 0 Å². The van der Waals surface area contributed by atoms with Gasteiger partial charge in [-0.3, -0.25) is 4.21 Å². The molecule has 1 saturated heterocycles. The summed E-state index contributed by atoms with van der Waals surface area (Å²) in [5.41, 5.74) is 0. The number of nitrogens with zero attached hydrogens (tertiary/aromatic N) is 1. The normalized spacial score (nSPS) is 37.6. The summed E-state index contributed by atoms with van der Waals surface area (Å²) in [5.74, 6) is 0.742. The van der Waals surface area contributed by atoms with Gasteiger partial charge in [0.05, 0.1) is 12.1 Å². The van der Waals surface area contributed by atoms with E-state index in [0.29, 0.717) is 12.5 Å². The van der Waals surface area contributed by atoms with Crippen LogP contribution in [0.3, 0.4) is 0 Å². The summed E-state index contributed by atoms with van der Waals surface area (Å²) in [4.78, 5) is 2.12. The third-order valence-electron chi connectivity index (χ3n) is 4.38. The first-order valence-electron chi connectivity index (χ1n) is 6.80. The summed E-state index contributed by atoms with van der Waals surface area (Å²) in [7, 11) is 1.99. The van der Waals surface area contributed by atoms with Gasteiger partial charge in [-0.25, -0.2) is 4.72 Å². The van der Waals surface area contributed by atoms with Crippen molar-refractivity contribution in [1.82, 2.24) is 9.62 Å². The third kappa shape index (κ3) is 3.51. The van der Waals surface area contributed by atoms with Crippen LogP contribution in [-0.4, -0.2) is 51.1 Å². The van der Waals surface area contributed by atoms with Crippen LogP contribution in [0.25, 0.3) is 0 Å². The molecule has 2 rings (SSSR count). The lowest BCUT2D eigenvalue weighted by molar-refractivity contribution is -0.0207. The number of hydrogen-bond donors (Lipinski definition) is 2. The molecule has 1 unspecified atom stereocenters. The van der Waals surface area contributed by atoms with Crippen LogP contribution < -0.4 is 4.72 Å². The van der Waals surface area contributed by atoms with Gasteiger partial charge in [-0.15, -0.1) is 0 Å². The lowest BCUT2D eigenvalue weighted by Gasteiger charge is -2.44. The van der Waals surface area contributed by atoms with Crippen LogP contribution in [-0.2, 0) is 11.3 Å². The van der Waals surface area contributed by atoms with Crippen molar-refractivity contribution in [2.75, 3.05) is 20.1 Å². The van der Waals surface area contributed by atoms with E-state index in [1.807, 2.05) is 7.05 Å². The van der Waals surface area contributed by atoms with Gasteiger partial charge in [0, 0.05) is 30.3 Å². The second-order valence-electron chi connectivity index (χ2n) is 5.73. The quantitative estimate of drug-likeness (QED) is 0.724. The number of rotatable bonds is 3. The summed E-state index contributed by atoms with van der Waals surface area (Å²) >= 11 is -2.31. The summed E-state index contributed by atoms with van der Waals surface area (Å²) in [6.45, 7) is 1.45. The fourth-order valence-electron chi connectivity index (χ4n) is 3.51. The van der Waals surface area contributed by atoms with Crippen molar-refractivity contribution in [1.29, 1.82) is 0 Å². The van der Waals surface area contributed by atoms with Crippen LogP contribution in [0.15, 0.2) is 0 Å². The van der Waals surface area contributed by atoms with Gasteiger partial charge in [-0.1, -0.05) is 32.1 Å². The summed E-state index contributed by atoms with van der Waals surface area (Å²) in [6, 6.07) is -0.367. The van der Waals surface area contributed by atoms with E-state index in [4.69, 9.17) is 0 Å². The van der Waals surface area contributed by atoms with Crippen molar-refractivity contribution in [3.8, 4) is 0 Å². The van der Waals surface area contributed by atoms with E-state index in [0.717, 1.165) is 6.54 Å². The first-order valence-corrected chi connectivity index (χ1v) is 7.87. The molecule has 2 N–H and O–H groups in total. The van der Waals surface area contributed by atoms with E-state index in [1.165, 1.54) is 32.1 Å². The average molecular weight is 275 g/mol. The predicted octanol–water partition coefficient (Wildman–Crippen LogP) is 0.242. The molecule has 2 fully saturated rings. The minimum absolute atomic E-state index is 0.199. The highest BCUT2D eigenvalue weighted by atomic mass is 32.2. The minimum Gasteiger partial charge on any atom is -0.760 e. The maximum atomic E-state index is 10.8. The standard InChI is InChI=1S/C12H24N2O3S/c1-14-7-10(9-5-3-2-4-6-9)12(15)11(8-14)13-18(16)17/h9-13,15H,2-8H2,1H3,(H,16,17)/p-1/t10-,11-,12-/m1/s1. The maximum absolute atomic E-state index is 10.8. The van der Waals surface area contributed by atoms with E-state index in [1.54, 1.807) is 0 Å². The molecule has 2 aliphatic rings. The molecule has 1 aliphatic carbocycles. The first-order chi connectivity index (χ1) is 8.58. The Kier molecular flexibility index (Phi) is 5.14. The topological polar surface area (TPSA) is 75.6 Å². The molecule has 0 aromatic heterocycles. The van der Waals surface area contributed by atoms with Crippen molar-refractivity contribution in [3.63, 3.8) is 0 Å². The largest absolute Gasteiger partial charge is 0.760 e.